The van der Waals surface area contributed by atoms with Crippen molar-refractivity contribution in [1.29, 1.82) is 0 Å². The number of benzene rings is 2. The molecule has 1 saturated heterocycles. The molecule has 2 aliphatic carbocycles. The molecular weight excluding hydrogens is 448 g/mol. The number of carbonyl (C=O) groups is 3. The van der Waals surface area contributed by atoms with Gasteiger partial charge in [0.2, 0.25) is 5.91 Å². The summed E-state index contributed by atoms with van der Waals surface area (Å²) in [6.45, 7) is 0.525. The van der Waals surface area contributed by atoms with Gasteiger partial charge in [-0.05, 0) is 41.5 Å². The molecule has 35 heavy (non-hydrogen) atoms. The summed E-state index contributed by atoms with van der Waals surface area (Å²) in [6.07, 6.45) is 3.58. The molecule has 4 atom stereocenters. The maximum absolute atomic E-state index is 12.7. The van der Waals surface area contributed by atoms with Crippen molar-refractivity contribution in [2.24, 2.45) is 5.92 Å². The number of rotatable bonds is 6. The number of alkyl carbamates (subject to hydrolysis) is 1. The van der Waals surface area contributed by atoms with Gasteiger partial charge >= 0.3 is 12.1 Å². The highest BCUT2D eigenvalue weighted by Gasteiger charge is 2.37. The molecule has 0 radical (unpaired) electrons. The molecule has 0 saturated carbocycles. The number of amides is 2. The minimum absolute atomic E-state index is 0.0237. The molecule has 3 N–H and O–H groups in total. The van der Waals surface area contributed by atoms with E-state index in [-0.39, 0.29) is 30.4 Å². The second-order valence-electron chi connectivity index (χ2n) is 9.21. The fourth-order valence-corrected chi connectivity index (χ4v) is 5.28. The summed E-state index contributed by atoms with van der Waals surface area (Å²) in [5.41, 5.74) is 4.62. The Bertz CT molecular complexity index is 1120. The molecule has 2 aromatic carbocycles. The van der Waals surface area contributed by atoms with Gasteiger partial charge in [-0.3, -0.25) is 4.79 Å². The summed E-state index contributed by atoms with van der Waals surface area (Å²) in [7, 11) is 0. The molecule has 8 nitrogen and oxygen atoms in total. The third-order valence-corrected chi connectivity index (χ3v) is 7.01. The highest BCUT2D eigenvalue weighted by molar-refractivity contribution is 5.82. The van der Waals surface area contributed by atoms with Crippen LogP contribution in [0.3, 0.4) is 0 Å². The van der Waals surface area contributed by atoms with Crippen molar-refractivity contribution in [1.82, 2.24) is 10.6 Å². The van der Waals surface area contributed by atoms with Crippen LogP contribution >= 0.6 is 0 Å². The molecular formula is C27H28N2O6. The van der Waals surface area contributed by atoms with Crippen LogP contribution in [0, 0.1) is 5.92 Å². The van der Waals surface area contributed by atoms with Crippen LogP contribution in [0.15, 0.2) is 60.7 Å². The highest BCUT2D eigenvalue weighted by Crippen LogP contribution is 2.44. The number of hydrogen-bond acceptors (Lipinski definition) is 5. The average Bonchev–Trinajstić information content (AvgIpc) is 3.45. The Labute approximate surface area is 203 Å². The van der Waals surface area contributed by atoms with Crippen molar-refractivity contribution in [3.63, 3.8) is 0 Å². The van der Waals surface area contributed by atoms with Gasteiger partial charge < -0.3 is 25.2 Å². The summed E-state index contributed by atoms with van der Waals surface area (Å²) < 4.78 is 10.8. The van der Waals surface area contributed by atoms with Crippen molar-refractivity contribution in [2.75, 3.05) is 13.2 Å². The van der Waals surface area contributed by atoms with Crippen LogP contribution in [-0.2, 0) is 19.1 Å². The quantitative estimate of drug-likeness (QED) is 0.552. The van der Waals surface area contributed by atoms with Gasteiger partial charge in [0.1, 0.15) is 6.61 Å². The fraction of sp³-hybridized carbons (Fsp3) is 0.370. The molecule has 0 spiro atoms. The number of allylic oxidation sites excluding steroid dienone is 1. The number of fused-ring (bicyclic) bond motifs is 3. The molecule has 182 valence electrons. The number of ether oxygens (including phenoxy) is 2. The third-order valence-electron chi connectivity index (χ3n) is 7.01. The maximum atomic E-state index is 12.7. The van der Waals surface area contributed by atoms with Gasteiger partial charge in [-0.15, -0.1) is 0 Å². The van der Waals surface area contributed by atoms with Gasteiger partial charge in [0.15, 0.2) is 6.10 Å². The zero-order valence-corrected chi connectivity index (χ0v) is 19.2. The molecule has 1 heterocycles. The van der Waals surface area contributed by atoms with Crippen LogP contribution in [0.25, 0.3) is 11.1 Å². The topological polar surface area (TPSA) is 114 Å². The predicted octanol–water partition coefficient (Wildman–Crippen LogP) is 3.22. The third kappa shape index (κ3) is 4.79. The van der Waals surface area contributed by atoms with E-state index in [1.165, 1.54) is 11.1 Å². The Balaban J connectivity index is 1.15. The summed E-state index contributed by atoms with van der Waals surface area (Å²) in [5, 5.41) is 14.9. The zero-order chi connectivity index (χ0) is 24.4. The Hall–Kier alpha value is -3.65. The number of carboxylic acid groups (broad SMARTS) is 1. The second-order valence-corrected chi connectivity index (χ2v) is 9.21. The number of hydrogen-bond donors (Lipinski definition) is 3. The lowest BCUT2D eigenvalue weighted by molar-refractivity contribution is -0.148. The van der Waals surface area contributed by atoms with Crippen molar-refractivity contribution < 1.29 is 29.0 Å². The predicted molar refractivity (Wildman–Crippen MR) is 128 cm³/mol. The largest absolute Gasteiger partial charge is 0.479 e. The molecule has 5 rings (SSSR count). The summed E-state index contributed by atoms with van der Waals surface area (Å²) in [5.74, 6) is -1.69. The first-order valence-corrected chi connectivity index (χ1v) is 11.9. The van der Waals surface area contributed by atoms with Crippen molar-refractivity contribution in [2.45, 2.75) is 43.4 Å². The van der Waals surface area contributed by atoms with Crippen LogP contribution in [0.1, 0.15) is 36.3 Å². The lowest BCUT2D eigenvalue weighted by Crippen LogP contribution is -2.48. The van der Waals surface area contributed by atoms with Crippen LogP contribution in [-0.4, -0.2) is 54.5 Å². The van der Waals surface area contributed by atoms with E-state index in [4.69, 9.17) is 9.47 Å². The van der Waals surface area contributed by atoms with Crippen LogP contribution < -0.4 is 10.6 Å². The molecule has 0 bridgehead atoms. The summed E-state index contributed by atoms with van der Waals surface area (Å²) >= 11 is 0. The van der Waals surface area contributed by atoms with Crippen LogP contribution in [0.4, 0.5) is 4.79 Å². The van der Waals surface area contributed by atoms with E-state index < -0.39 is 24.2 Å². The van der Waals surface area contributed by atoms with Gasteiger partial charge in [0.25, 0.3) is 0 Å². The van der Waals surface area contributed by atoms with E-state index in [1.54, 1.807) is 0 Å². The first-order chi connectivity index (χ1) is 17.0. The Morgan fingerprint density at radius 3 is 2.37 bits per heavy atom. The summed E-state index contributed by atoms with van der Waals surface area (Å²) in [6, 6.07) is 15.4. The number of nitrogens with one attached hydrogen (secondary N) is 2. The molecule has 1 fully saturated rings. The Kier molecular flexibility index (Phi) is 6.55. The van der Waals surface area contributed by atoms with Crippen molar-refractivity contribution >= 4 is 18.0 Å². The molecule has 0 aromatic heterocycles. The Morgan fingerprint density at radius 2 is 1.69 bits per heavy atom. The van der Waals surface area contributed by atoms with Crippen molar-refractivity contribution in [3.8, 4) is 11.1 Å². The van der Waals surface area contributed by atoms with Crippen LogP contribution in [0.5, 0.6) is 0 Å². The smallest absolute Gasteiger partial charge is 0.407 e. The molecule has 8 heteroatoms. The van der Waals surface area contributed by atoms with E-state index in [0.717, 1.165) is 11.1 Å². The second kappa shape index (κ2) is 9.92. The normalized spacial score (nSPS) is 24.9. The number of carboxylic acids is 1. The summed E-state index contributed by atoms with van der Waals surface area (Å²) in [4.78, 5) is 36.7. The minimum atomic E-state index is -1.08. The SMILES string of the molecule is O=C(N[C@@H]1C=CC[C@@H](C(=O)N[C@@H]2CCO[C@@H]2C(=O)O)C1)OCC1c2ccccc2-c2ccccc21. The zero-order valence-electron chi connectivity index (χ0n) is 19.2. The van der Waals surface area contributed by atoms with Gasteiger partial charge in [0.05, 0.1) is 12.1 Å². The lowest BCUT2D eigenvalue weighted by Gasteiger charge is -2.26. The van der Waals surface area contributed by atoms with Crippen molar-refractivity contribution in [3.05, 3.63) is 71.8 Å². The van der Waals surface area contributed by atoms with Gasteiger partial charge in [0, 0.05) is 18.4 Å². The van der Waals surface area contributed by atoms with Gasteiger partial charge in [-0.25, -0.2) is 9.59 Å². The van der Waals surface area contributed by atoms with E-state index in [0.29, 0.717) is 25.9 Å². The van der Waals surface area contributed by atoms with E-state index in [2.05, 4.69) is 34.9 Å². The van der Waals surface area contributed by atoms with Gasteiger partial charge in [-0.2, -0.15) is 0 Å². The molecule has 3 aliphatic rings. The molecule has 2 amide bonds. The maximum Gasteiger partial charge on any atom is 0.407 e. The monoisotopic (exact) mass is 476 g/mol. The lowest BCUT2D eigenvalue weighted by atomic mass is 9.90. The number of carbonyl (C=O) groups excluding carboxylic acids is 2. The van der Waals surface area contributed by atoms with Crippen LogP contribution in [0.2, 0.25) is 0 Å². The molecule has 2 aromatic rings. The molecule has 0 unspecified atom stereocenters. The first-order valence-electron chi connectivity index (χ1n) is 11.9. The van der Waals surface area contributed by atoms with E-state index in [1.807, 2.05) is 36.4 Å². The van der Waals surface area contributed by atoms with E-state index in [9.17, 15) is 19.5 Å². The fourth-order valence-electron chi connectivity index (χ4n) is 5.28. The van der Waals surface area contributed by atoms with Gasteiger partial charge in [-0.1, -0.05) is 60.7 Å². The standard InChI is InChI=1S/C27H28N2O6/c30-25(29-23-12-13-34-24(23)26(31)32)16-6-5-7-17(14-16)28-27(33)35-15-22-20-10-3-1-8-18(20)19-9-2-4-11-21(19)22/h1-5,7-11,16-17,22-24H,6,12-15H2,(H,28,33)(H,29,30)(H,31,32)/t16-,17-,23-,24+/m1/s1. The Morgan fingerprint density at radius 1 is 1.00 bits per heavy atom. The highest BCUT2D eigenvalue weighted by atomic mass is 16.5. The minimum Gasteiger partial charge on any atom is -0.479 e. The average molecular weight is 477 g/mol. The molecule has 1 aliphatic heterocycles. The number of aliphatic carboxylic acids is 1. The van der Waals surface area contributed by atoms with E-state index >= 15 is 0 Å². The first kappa shape index (κ1) is 23.1.